The summed E-state index contributed by atoms with van der Waals surface area (Å²) in [5.74, 6) is 0. The van der Waals surface area contributed by atoms with E-state index in [2.05, 4.69) is 11.4 Å². The third kappa shape index (κ3) is 3.98. The largest absolute Gasteiger partial charge is 0.344 e. The molecule has 0 heterocycles. The standard InChI is InChI=1S/C14H25N/c1-3-7-13(8-4-1)11-12-15-14-9-5-2-6-10-14/h7,14-15H,1-6,8-12H2/p+1. The summed E-state index contributed by atoms with van der Waals surface area (Å²) in [5.41, 5.74) is 1.74. The highest BCUT2D eigenvalue weighted by atomic mass is 14.9. The van der Waals surface area contributed by atoms with E-state index in [4.69, 9.17) is 0 Å². The van der Waals surface area contributed by atoms with Gasteiger partial charge in [0.25, 0.3) is 0 Å². The van der Waals surface area contributed by atoms with Gasteiger partial charge in [-0.05, 0) is 51.4 Å². The molecule has 1 nitrogen and oxygen atoms in total. The van der Waals surface area contributed by atoms with Crippen molar-refractivity contribution >= 4 is 0 Å². The van der Waals surface area contributed by atoms with Gasteiger partial charge in [0.1, 0.15) is 0 Å². The van der Waals surface area contributed by atoms with Crippen molar-refractivity contribution in [1.82, 2.24) is 0 Å². The van der Waals surface area contributed by atoms with E-state index in [0.717, 1.165) is 6.04 Å². The first kappa shape index (κ1) is 11.2. The van der Waals surface area contributed by atoms with Crippen molar-refractivity contribution < 1.29 is 5.32 Å². The van der Waals surface area contributed by atoms with Crippen molar-refractivity contribution in [2.75, 3.05) is 6.54 Å². The number of nitrogens with two attached hydrogens (primary N) is 1. The topological polar surface area (TPSA) is 16.6 Å². The van der Waals surface area contributed by atoms with E-state index in [-0.39, 0.29) is 0 Å². The summed E-state index contributed by atoms with van der Waals surface area (Å²) in [6.07, 6.45) is 16.8. The van der Waals surface area contributed by atoms with E-state index in [0.29, 0.717) is 0 Å². The Kier molecular flexibility index (Phi) is 4.72. The number of hydrogen-bond acceptors (Lipinski definition) is 0. The fourth-order valence-electron chi connectivity index (χ4n) is 3.01. The van der Waals surface area contributed by atoms with Crippen LogP contribution in [0.15, 0.2) is 11.6 Å². The molecule has 1 fully saturated rings. The normalized spacial score (nSPS) is 23.9. The van der Waals surface area contributed by atoms with Crippen LogP contribution in [-0.2, 0) is 0 Å². The fraction of sp³-hybridized carbons (Fsp3) is 0.857. The molecule has 0 unspecified atom stereocenters. The van der Waals surface area contributed by atoms with Gasteiger partial charge in [0, 0.05) is 6.42 Å². The van der Waals surface area contributed by atoms with Crippen molar-refractivity contribution in [3.63, 3.8) is 0 Å². The molecule has 2 aliphatic carbocycles. The van der Waals surface area contributed by atoms with Crippen LogP contribution in [0.4, 0.5) is 0 Å². The third-order valence-corrected chi connectivity index (χ3v) is 4.00. The van der Waals surface area contributed by atoms with E-state index in [1.54, 1.807) is 5.57 Å². The van der Waals surface area contributed by atoms with Gasteiger partial charge in [-0.15, -0.1) is 0 Å². The second-order valence-corrected chi connectivity index (χ2v) is 5.28. The first-order chi connectivity index (χ1) is 7.45. The van der Waals surface area contributed by atoms with Gasteiger partial charge in [-0.25, -0.2) is 0 Å². The molecular weight excluding hydrogens is 182 g/mol. The monoisotopic (exact) mass is 208 g/mol. The Labute approximate surface area is 94.3 Å². The van der Waals surface area contributed by atoms with Crippen LogP contribution in [0.25, 0.3) is 0 Å². The van der Waals surface area contributed by atoms with Crippen molar-refractivity contribution in [3.05, 3.63) is 11.6 Å². The molecule has 0 saturated heterocycles. The van der Waals surface area contributed by atoms with E-state index >= 15 is 0 Å². The van der Waals surface area contributed by atoms with Crippen LogP contribution < -0.4 is 5.32 Å². The second-order valence-electron chi connectivity index (χ2n) is 5.28. The molecule has 86 valence electrons. The van der Waals surface area contributed by atoms with Gasteiger partial charge < -0.3 is 5.32 Å². The molecule has 1 saturated carbocycles. The Morgan fingerprint density at radius 2 is 1.93 bits per heavy atom. The predicted octanol–water partition coefficient (Wildman–Crippen LogP) is 2.77. The average Bonchev–Trinajstić information content (AvgIpc) is 2.32. The zero-order valence-electron chi connectivity index (χ0n) is 10.0. The molecule has 2 rings (SSSR count). The second kappa shape index (κ2) is 6.32. The molecule has 0 aromatic heterocycles. The van der Waals surface area contributed by atoms with Gasteiger partial charge in [-0.2, -0.15) is 0 Å². The number of hydrogen-bond donors (Lipinski definition) is 1. The summed E-state index contributed by atoms with van der Waals surface area (Å²) in [7, 11) is 0. The lowest BCUT2D eigenvalue weighted by Gasteiger charge is -2.20. The number of rotatable bonds is 4. The quantitative estimate of drug-likeness (QED) is 0.684. The first-order valence-corrected chi connectivity index (χ1v) is 6.96. The van der Waals surface area contributed by atoms with E-state index in [9.17, 15) is 0 Å². The first-order valence-electron chi connectivity index (χ1n) is 6.96. The molecule has 0 aromatic rings. The summed E-state index contributed by atoms with van der Waals surface area (Å²) in [5, 5.41) is 2.62. The molecule has 0 amide bonds. The molecule has 15 heavy (non-hydrogen) atoms. The molecule has 2 N–H and O–H groups in total. The molecule has 0 spiro atoms. The molecule has 0 radical (unpaired) electrons. The van der Waals surface area contributed by atoms with E-state index in [1.165, 1.54) is 70.8 Å². The highest BCUT2D eigenvalue weighted by Gasteiger charge is 2.15. The third-order valence-electron chi connectivity index (χ3n) is 4.00. The minimum Gasteiger partial charge on any atom is -0.344 e. The molecule has 1 heteroatoms. The fourth-order valence-corrected chi connectivity index (χ4v) is 3.01. The van der Waals surface area contributed by atoms with Crippen LogP contribution in [0.5, 0.6) is 0 Å². The zero-order valence-corrected chi connectivity index (χ0v) is 10.0. The average molecular weight is 208 g/mol. The summed E-state index contributed by atoms with van der Waals surface area (Å²) in [6.45, 7) is 1.34. The van der Waals surface area contributed by atoms with Gasteiger partial charge in [-0.3, -0.25) is 0 Å². The smallest absolute Gasteiger partial charge is 0.0859 e. The van der Waals surface area contributed by atoms with Crippen molar-refractivity contribution in [3.8, 4) is 0 Å². The minimum atomic E-state index is 0.961. The lowest BCUT2D eigenvalue weighted by molar-refractivity contribution is -0.691. The van der Waals surface area contributed by atoms with Crippen LogP contribution in [0.3, 0.4) is 0 Å². The van der Waals surface area contributed by atoms with E-state index in [1.807, 2.05) is 0 Å². The minimum absolute atomic E-state index is 0.961. The summed E-state index contributed by atoms with van der Waals surface area (Å²) in [6, 6.07) is 0.961. The molecule has 0 atom stereocenters. The number of quaternary nitrogens is 1. The maximum absolute atomic E-state index is 2.62. The molecule has 0 aromatic carbocycles. The van der Waals surface area contributed by atoms with Gasteiger partial charge in [0.15, 0.2) is 0 Å². The maximum Gasteiger partial charge on any atom is 0.0859 e. The highest BCUT2D eigenvalue weighted by molar-refractivity contribution is 5.04. The lowest BCUT2D eigenvalue weighted by atomic mass is 9.94. The van der Waals surface area contributed by atoms with Crippen LogP contribution in [0, 0.1) is 0 Å². The molecular formula is C14H26N+. The summed E-state index contributed by atoms with van der Waals surface area (Å²) >= 11 is 0. The Morgan fingerprint density at radius 3 is 2.67 bits per heavy atom. The van der Waals surface area contributed by atoms with Crippen LogP contribution in [-0.4, -0.2) is 12.6 Å². The number of allylic oxidation sites excluding steroid dienone is 1. The Morgan fingerprint density at radius 1 is 1.07 bits per heavy atom. The summed E-state index contributed by atoms with van der Waals surface area (Å²) < 4.78 is 0. The van der Waals surface area contributed by atoms with Crippen LogP contribution in [0.1, 0.15) is 64.2 Å². The maximum atomic E-state index is 2.62. The van der Waals surface area contributed by atoms with Crippen molar-refractivity contribution in [1.29, 1.82) is 0 Å². The van der Waals surface area contributed by atoms with Gasteiger partial charge in [0.05, 0.1) is 12.6 Å². The SMILES string of the molecule is C1=C(CC[NH2+]C2CCCCC2)CCCC1. The predicted molar refractivity (Wildman–Crippen MR) is 64.8 cm³/mol. The van der Waals surface area contributed by atoms with Crippen LogP contribution >= 0.6 is 0 Å². The Bertz CT molecular complexity index is 201. The van der Waals surface area contributed by atoms with Gasteiger partial charge in [-0.1, -0.05) is 18.1 Å². The van der Waals surface area contributed by atoms with Crippen LogP contribution in [0.2, 0.25) is 0 Å². The van der Waals surface area contributed by atoms with Crippen molar-refractivity contribution in [2.24, 2.45) is 0 Å². The van der Waals surface area contributed by atoms with Crippen molar-refractivity contribution in [2.45, 2.75) is 70.3 Å². The zero-order chi connectivity index (χ0) is 10.3. The summed E-state index contributed by atoms with van der Waals surface area (Å²) in [4.78, 5) is 0. The highest BCUT2D eigenvalue weighted by Crippen LogP contribution is 2.19. The molecule has 0 aliphatic heterocycles. The van der Waals surface area contributed by atoms with Gasteiger partial charge >= 0.3 is 0 Å². The Hall–Kier alpha value is -0.300. The van der Waals surface area contributed by atoms with E-state index < -0.39 is 0 Å². The molecule has 2 aliphatic rings. The van der Waals surface area contributed by atoms with Gasteiger partial charge in [0.2, 0.25) is 0 Å². The lowest BCUT2D eigenvalue weighted by Crippen LogP contribution is -2.90. The molecule has 0 bridgehead atoms. The Balaban J connectivity index is 1.59.